The molecular formula is C15H15N5. The molecule has 0 atom stereocenters. The lowest BCUT2D eigenvalue weighted by molar-refractivity contribution is 0.809. The van der Waals surface area contributed by atoms with Gasteiger partial charge >= 0.3 is 0 Å². The van der Waals surface area contributed by atoms with Gasteiger partial charge in [0.15, 0.2) is 11.5 Å². The zero-order valence-corrected chi connectivity index (χ0v) is 11.2. The molecule has 2 aromatic heterocycles. The van der Waals surface area contributed by atoms with Crippen LogP contribution in [0.2, 0.25) is 0 Å². The Morgan fingerprint density at radius 1 is 1.10 bits per heavy atom. The van der Waals surface area contributed by atoms with Gasteiger partial charge in [0.25, 0.3) is 0 Å². The average molecular weight is 265 g/mol. The van der Waals surface area contributed by atoms with E-state index in [1.165, 1.54) is 5.56 Å². The molecule has 100 valence electrons. The minimum atomic E-state index is 0.493. The maximum absolute atomic E-state index is 6.14. The molecule has 0 aliphatic carbocycles. The number of hydrogen-bond acceptors (Lipinski definition) is 4. The summed E-state index contributed by atoms with van der Waals surface area (Å²) in [6.45, 7) is 2.12. The van der Waals surface area contributed by atoms with Crippen molar-refractivity contribution in [1.82, 2.24) is 20.0 Å². The first-order valence-electron chi connectivity index (χ1n) is 6.51. The van der Waals surface area contributed by atoms with Gasteiger partial charge in [0.05, 0.1) is 11.4 Å². The highest BCUT2D eigenvalue weighted by atomic mass is 15.5. The van der Waals surface area contributed by atoms with Crippen LogP contribution in [0, 0.1) is 0 Å². The van der Waals surface area contributed by atoms with Gasteiger partial charge in [0, 0.05) is 6.20 Å². The first-order valence-corrected chi connectivity index (χ1v) is 6.51. The van der Waals surface area contributed by atoms with Crippen LogP contribution in [0.5, 0.6) is 0 Å². The first kappa shape index (κ1) is 12.3. The molecule has 3 rings (SSSR count). The third kappa shape index (κ3) is 2.14. The summed E-state index contributed by atoms with van der Waals surface area (Å²) in [5, 5.41) is 8.25. The number of nitrogens with two attached hydrogens (primary N) is 1. The summed E-state index contributed by atoms with van der Waals surface area (Å²) in [4.78, 5) is 4.25. The molecule has 0 unspecified atom stereocenters. The predicted molar refractivity (Wildman–Crippen MR) is 78.4 cm³/mol. The van der Waals surface area contributed by atoms with Gasteiger partial charge in [-0.05, 0) is 36.2 Å². The molecule has 20 heavy (non-hydrogen) atoms. The average Bonchev–Trinajstić information content (AvgIpc) is 2.90. The Hall–Kier alpha value is -2.69. The van der Waals surface area contributed by atoms with Crippen molar-refractivity contribution >= 4 is 5.82 Å². The normalized spacial score (nSPS) is 10.7. The lowest BCUT2D eigenvalue weighted by Crippen LogP contribution is -2.02. The first-order chi connectivity index (χ1) is 9.79. The monoisotopic (exact) mass is 265 g/mol. The van der Waals surface area contributed by atoms with Crippen LogP contribution in [-0.2, 0) is 6.42 Å². The zero-order valence-electron chi connectivity index (χ0n) is 11.2. The summed E-state index contributed by atoms with van der Waals surface area (Å²) >= 11 is 0. The smallest absolute Gasteiger partial charge is 0.157 e. The molecule has 0 aliphatic heterocycles. The van der Waals surface area contributed by atoms with E-state index in [1.807, 2.05) is 30.3 Å². The SMILES string of the molecule is CCc1ccc(-n2nnc(-c3ccccn3)c2N)cc1. The molecule has 3 aromatic rings. The summed E-state index contributed by atoms with van der Waals surface area (Å²) in [5.41, 5.74) is 9.63. The number of rotatable bonds is 3. The third-order valence-electron chi connectivity index (χ3n) is 3.20. The Labute approximate surface area is 117 Å². The van der Waals surface area contributed by atoms with E-state index in [-0.39, 0.29) is 0 Å². The summed E-state index contributed by atoms with van der Waals surface area (Å²) in [7, 11) is 0. The van der Waals surface area contributed by atoms with Crippen LogP contribution in [0.3, 0.4) is 0 Å². The lowest BCUT2D eigenvalue weighted by Gasteiger charge is -2.04. The van der Waals surface area contributed by atoms with Crippen LogP contribution in [0.25, 0.3) is 17.1 Å². The van der Waals surface area contributed by atoms with Crippen molar-refractivity contribution in [2.24, 2.45) is 0 Å². The molecule has 0 aliphatic rings. The fourth-order valence-corrected chi connectivity index (χ4v) is 2.04. The number of pyridine rings is 1. The highest BCUT2D eigenvalue weighted by Gasteiger charge is 2.13. The van der Waals surface area contributed by atoms with Crippen molar-refractivity contribution in [3.63, 3.8) is 0 Å². The number of aryl methyl sites for hydroxylation is 1. The number of aromatic nitrogens is 4. The fourth-order valence-electron chi connectivity index (χ4n) is 2.04. The van der Waals surface area contributed by atoms with Crippen LogP contribution in [0.4, 0.5) is 5.82 Å². The van der Waals surface area contributed by atoms with E-state index >= 15 is 0 Å². The Morgan fingerprint density at radius 2 is 1.90 bits per heavy atom. The predicted octanol–water partition coefficient (Wildman–Crippen LogP) is 2.47. The van der Waals surface area contributed by atoms with Crippen molar-refractivity contribution in [2.75, 3.05) is 5.73 Å². The van der Waals surface area contributed by atoms with E-state index in [4.69, 9.17) is 5.73 Å². The topological polar surface area (TPSA) is 69.6 Å². The van der Waals surface area contributed by atoms with Gasteiger partial charge in [-0.2, -0.15) is 4.68 Å². The Morgan fingerprint density at radius 3 is 2.55 bits per heavy atom. The van der Waals surface area contributed by atoms with E-state index < -0.39 is 0 Å². The number of nitrogen functional groups attached to an aromatic ring is 1. The summed E-state index contributed by atoms with van der Waals surface area (Å²) < 4.78 is 1.63. The van der Waals surface area contributed by atoms with E-state index in [9.17, 15) is 0 Å². The summed E-state index contributed by atoms with van der Waals surface area (Å²) in [5.74, 6) is 0.493. The molecule has 0 saturated heterocycles. The Balaban J connectivity index is 2.01. The lowest BCUT2D eigenvalue weighted by atomic mass is 10.1. The Bertz CT molecular complexity index is 701. The second kappa shape index (κ2) is 5.13. The van der Waals surface area contributed by atoms with Crippen LogP contribution in [-0.4, -0.2) is 20.0 Å². The second-order valence-electron chi connectivity index (χ2n) is 4.47. The maximum atomic E-state index is 6.14. The molecule has 2 N–H and O–H groups in total. The van der Waals surface area contributed by atoms with Gasteiger partial charge in [-0.15, -0.1) is 5.10 Å². The van der Waals surface area contributed by atoms with Crippen LogP contribution in [0.15, 0.2) is 48.7 Å². The van der Waals surface area contributed by atoms with E-state index in [2.05, 4.69) is 34.4 Å². The number of hydrogen-bond donors (Lipinski definition) is 1. The quantitative estimate of drug-likeness (QED) is 0.789. The van der Waals surface area contributed by atoms with E-state index in [0.29, 0.717) is 11.5 Å². The van der Waals surface area contributed by atoms with Crippen LogP contribution >= 0.6 is 0 Å². The molecule has 1 aromatic carbocycles. The fraction of sp³-hybridized carbons (Fsp3) is 0.133. The summed E-state index contributed by atoms with van der Waals surface area (Å²) in [6.07, 6.45) is 2.72. The number of anilines is 1. The van der Waals surface area contributed by atoms with Crippen molar-refractivity contribution in [3.8, 4) is 17.1 Å². The van der Waals surface area contributed by atoms with Gasteiger partial charge in [-0.1, -0.05) is 30.3 Å². The molecule has 0 radical (unpaired) electrons. The number of nitrogens with zero attached hydrogens (tertiary/aromatic N) is 4. The van der Waals surface area contributed by atoms with E-state index in [1.54, 1.807) is 10.9 Å². The third-order valence-corrected chi connectivity index (χ3v) is 3.20. The van der Waals surface area contributed by atoms with Crippen molar-refractivity contribution in [3.05, 3.63) is 54.2 Å². The van der Waals surface area contributed by atoms with Crippen LogP contribution < -0.4 is 5.73 Å². The minimum absolute atomic E-state index is 0.493. The van der Waals surface area contributed by atoms with Crippen molar-refractivity contribution in [2.45, 2.75) is 13.3 Å². The molecular weight excluding hydrogens is 250 g/mol. The number of benzene rings is 1. The molecule has 5 heteroatoms. The largest absolute Gasteiger partial charge is 0.382 e. The highest BCUT2D eigenvalue weighted by Crippen LogP contribution is 2.23. The molecule has 0 fully saturated rings. The van der Waals surface area contributed by atoms with Crippen molar-refractivity contribution < 1.29 is 0 Å². The highest BCUT2D eigenvalue weighted by molar-refractivity contribution is 5.67. The molecule has 0 saturated carbocycles. The second-order valence-corrected chi connectivity index (χ2v) is 4.47. The molecule has 0 spiro atoms. The standard InChI is InChI=1S/C15H15N5/c1-2-11-6-8-12(9-7-11)20-15(16)14(18-19-20)13-5-3-4-10-17-13/h3-10H,2,16H2,1H3. The molecule has 0 bridgehead atoms. The minimum Gasteiger partial charge on any atom is -0.382 e. The van der Waals surface area contributed by atoms with Crippen LogP contribution in [0.1, 0.15) is 12.5 Å². The van der Waals surface area contributed by atoms with Gasteiger partial charge in [-0.25, -0.2) is 0 Å². The molecule has 0 amide bonds. The molecule has 2 heterocycles. The maximum Gasteiger partial charge on any atom is 0.157 e. The van der Waals surface area contributed by atoms with Gasteiger partial charge in [-0.3, -0.25) is 4.98 Å². The Kier molecular flexibility index (Phi) is 3.16. The molecule has 5 nitrogen and oxygen atoms in total. The van der Waals surface area contributed by atoms with Crippen molar-refractivity contribution in [1.29, 1.82) is 0 Å². The summed E-state index contributed by atoms with van der Waals surface area (Å²) in [6, 6.07) is 13.7. The van der Waals surface area contributed by atoms with Gasteiger partial charge in [0.2, 0.25) is 0 Å². The zero-order chi connectivity index (χ0) is 13.9. The van der Waals surface area contributed by atoms with Gasteiger partial charge in [0.1, 0.15) is 0 Å². The van der Waals surface area contributed by atoms with Gasteiger partial charge < -0.3 is 5.73 Å². The van der Waals surface area contributed by atoms with E-state index in [0.717, 1.165) is 17.8 Å².